The second-order valence-electron chi connectivity index (χ2n) is 7.00. The summed E-state index contributed by atoms with van der Waals surface area (Å²) >= 11 is 1.64. The van der Waals surface area contributed by atoms with Crippen molar-refractivity contribution in [2.24, 2.45) is 5.73 Å². The van der Waals surface area contributed by atoms with Crippen LogP contribution in [0.4, 0.5) is 0 Å². The maximum atomic E-state index is 12.4. The molecular formula is C19H29N3O2S. The van der Waals surface area contributed by atoms with Crippen LogP contribution in [0.25, 0.3) is 0 Å². The fraction of sp³-hybridized carbons (Fsp3) is 0.632. The molecule has 2 fully saturated rings. The number of carbonyl (C=O) groups excluding carboxylic acids is 1. The van der Waals surface area contributed by atoms with Crippen molar-refractivity contribution < 1.29 is 9.90 Å². The molecule has 1 aromatic rings. The highest BCUT2D eigenvalue weighted by Crippen LogP contribution is 2.42. The Labute approximate surface area is 154 Å². The van der Waals surface area contributed by atoms with Gasteiger partial charge in [-0.25, -0.2) is 0 Å². The van der Waals surface area contributed by atoms with Gasteiger partial charge in [0.25, 0.3) is 0 Å². The number of aliphatic hydroxyl groups is 1. The summed E-state index contributed by atoms with van der Waals surface area (Å²) < 4.78 is 0. The molecule has 0 spiro atoms. The first-order valence-corrected chi connectivity index (χ1v) is 10.2. The Bertz CT molecular complexity index is 563. The minimum Gasteiger partial charge on any atom is -0.395 e. The number of hydrogen-bond acceptors (Lipinski definition) is 5. The van der Waals surface area contributed by atoms with E-state index in [0.717, 1.165) is 43.8 Å². The molecule has 3 unspecified atom stereocenters. The molecule has 0 aliphatic carbocycles. The molecule has 5 nitrogen and oxygen atoms in total. The lowest BCUT2D eigenvalue weighted by atomic mass is 9.86. The molecular weight excluding hydrogens is 334 g/mol. The second kappa shape index (κ2) is 8.54. The molecule has 3 atom stereocenters. The van der Waals surface area contributed by atoms with Crippen molar-refractivity contribution in [3.05, 3.63) is 35.9 Å². The Balaban J connectivity index is 1.81. The number of aliphatic hydroxyl groups excluding tert-OH is 1. The van der Waals surface area contributed by atoms with E-state index >= 15 is 0 Å². The number of hydrogen-bond donors (Lipinski definition) is 3. The highest BCUT2D eigenvalue weighted by Gasteiger charge is 2.48. The van der Waals surface area contributed by atoms with Crippen molar-refractivity contribution >= 4 is 17.7 Å². The molecule has 0 saturated carbocycles. The lowest BCUT2D eigenvalue weighted by Crippen LogP contribution is -2.54. The largest absolute Gasteiger partial charge is 0.395 e. The number of thioether (sulfide) groups is 1. The van der Waals surface area contributed by atoms with E-state index in [9.17, 15) is 9.90 Å². The molecule has 3 rings (SSSR count). The van der Waals surface area contributed by atoms with E-state index in [1.165, 1.54) is 12.8 Å². The Kier molecular flexibility index (Phi) is 6.39. The summed E-state index contributed by atoms with van der Waals surface area (Å²) in [4.78, 5) is 14.0. The topological polar surface area (TPSA) is 78.6 Å². The first-order valence-electron chi connectivity index (χ1n) is 9.26. The van der Waals surface area contributed by atoms with Crippen molar-refractivity contribution in [2.45, 2.75) is 42.5 Å². The molecule has 1 aromatic carbocycles. The zero-order valence-electron chi connectivity index (χ0n) is 14.7. The quantitative estimate of drug-likeness (QED) is 0.685. The van der Waals surface area contributed by atoms with Gasteiger partial charge >= 0.3 is 0 Å². The molecule has 2 heterocycles. The van der Waals surface area contributed by atoms with Gasteiger partial charge in [-0.3, -0.25) is 15.0 Å². The number of nitrogens with one attached hydrogen (secondary N) is 1. The number of amides is 1. The van der Waals surface area contributed by atoms with Crippen LogP contribution in [0, 0.1) is 0 Å². The molecule has 0 aromatic heterocycles. The molecule has 25 heavy (non-hydrogen) atoms. The van der Waals surface area contributed by atoms with E-state index in [1.807, 2.05) is 18.2 Å². The lowest BCUT2D eigenvalue weighted by Gasteiger charge is -2.39. The summed E-state index contributed by atoms with van der Waals surface area (Å²) in [6, 6.07) is 10.5. The highest BCUT2D eigenvalue weighted by atomic mass is 32.2. The van der Waals surface area contributed by atoms with Crippen molar-refractivity contribution in [3.63, 3.8) is 0 Å². The van der Waals surface area contributed by atoms with Gasteiger partial charge < -0.3 is 10.8 Å². The molecule has 0 bridgehead atoms. The summed E-state index contributed by atoms with van der Waals surface area (Å²) in [6.07, 6.45) is 4.27. The third kappa shape index (κ3) is 4.03. The van der Waals surface area contributed by atoms with Crippen LogP contribution in [0.3, 0.4) is 0 Å². The molecule has 1 amide bonds. The number of rotatable bonds is 7. The fourth-order valence-electron chi connectivity index (χ4n) is 4.20. The lowest BCUT2D eigenvalue weighted by molar-refractivity contribution is -0.121. The summed E-state index contributed by atoms with van der Waals surface area (Å²) in [6.45, 7) is 2.92. The molecule has 138 valence electrons. The summed E-state index contributed by atoms with van der Waals surface area (Å²) in [5, 5.41) is 13.1. The van der Waals surface area contributed by atoms with Gasteiger partial charge in [-0.05, 0) is 37.9 Å². The summed E-state index contributed by atoms with van der Waals surface area (Å²) in [5.74, 6) is 0.649. The Morgan fingerprint density at radius 3 is 2.84 bits per heavy atom. The van der Waals surface area contributed by atoms with Crippen LogP contribution < -0.4 is 11.1 Å². The van der Waals surface area contributed by atoms with Crippen LogP contribution in [0.2, 0.25) is 0 Å². The summed E-state index contributed by atoms with van der Waals surface area (Å²) in [7, 11) is 0. The van der Waals surface area contributed by atoms with E-state index in [-0.39, 0.29) is 24.5 Å². The monoisotopic (exact) mass is 363 g/mol. The zero-order valence-corrected chi connectivity index (χ0v) is 15.5. The maximum absolute atomic E-state index is 12.4. The third-order valence-corrected chi connectivity index (χ3v) is 7.04. The number of nitrogens with zero attached hydrogens (tertiary/aromatic N) is 1. The van der Waals surface area contributed by atoms with Crippen LogP contribution in [0.15, 0.2) is 30.3 Å². The minimum atomic E-state index is -0.730. The average Bonchev–Trinajstić information content (AvgIpc) is 3.14. The van der Waals surface area contributed by atoms with Gasteiger partial charge in [0, 0.05) is 24.3 Å². The average molecular weight is 364 g/mol. The molecule has 2 aliphatic rings. The number of benzene rings is 1. The first kappa shape index (κ1) is 18.7. The molecule has 0 radical (unpaired) electrons. The fourth-order valence-corrected chi connectivity index (χ4v) is 5.53. The molecule has 4 N–H and O–H groups in total. The Hall–Kier alpha value is -1.08. The van der Waals surface area contributed by atoms with E-state index in [0.29, 0.717) is 0 Å². The Morgan fingerprint density at radius 1 is 1.40 bits per heavy atom. The highest BCUT2D eigenvalue weighted by molar-refractivity contribution is 8.01. The van der Waals surface area contributed by atoms with Crippen LogP contribution in [-0.2, 0) is 4.79 Å². The van der Waals surface area contributed by atoms with Crippen LogP contribution >= 0.6 is 11.8 Å². The smallest absolute Gasteiger partial charge is 0.248 e. The Morgan fingerprint density at radius 2 is 2.20 bits per heavy atom. The SMILES string of the molecule is NC(=O)C1(C(CCN2CCCCC2CO)c2ccccc2)NCCS1. The third-order valence-electron chi connectivity index (χ3n) is 5.54. The van der Waals surface area contributed by atoms with Gasteiger partial charge in [0.15, 0.2) is 4.87 Å². The first-order chi connectivity index (χ1) is 12.2. The molecule has 6 heteroatoms. The van der Waals surface area contributed by atoms with Gasteiger partial charge in [-0.15, -0.1) is 11.8 Å². The maximum Gasteiger partial charge on any atom is 0.248 e. The van der Waals surface area contributed by atoms with Crippen molar-refractivity contribution in [2.75, 3.05) is 32.0 Å². The number of piperidine rings is 1. The van der Waals surface area contributed by atoms with Crippen LogP contribution in [0.5, 0.6) is 0 Å². The standard InChI is InChI=1S/C19H29N3O2S/c20-18(24)19(21-10-13-25-19)17(15-6-2-1-3-7-15)9-12-22-11-5-4-8-16(22)14-23/h1-3,6-7,16-17,21,23H,4-5,8-14H2,(H2,20,24). The van der Waals surface area contributed by atoms with Crippen molar-refractivity contribution in [1.82, 2.24) is 10.2 Å². The van der Waals surface area contributed by atoms with E-state index in [2.05, 4.69) is 22.3 Å². The second-order valence-corrected chi connectivity index (χ2v) is 8.34. The molecule has 2 aliphatic heterocycles. The predicted octanol–water partition coefficient (Wildman–Crippen LogP) is 1.53. The summed E-state index contributed by atoms with van der Waals surface area (Å²) in [5.41, 5.74) is 7.01. The van der Waals surface area contributed by atoms with Crippen molar-refractivity contribution in [1.29, 1.82) is 0 Å². The van der Waals surface area contributed by atoms with Crippen LogP contribution in [0.1, 0.15) is 37.2 Å². The van der Waals surface area contributed by atoms with E-state index in [4.69, 9.17) is 5.73 Å². The zero-order chi connectivity index (χ0) is 17.7. The van der Waals surface area contributed by atoms with E-state index < -0.39 is 4.87 Å². The van der Waals surface area contributed by atoms with Gasteiger partial charge in [-0.2, -0.15) is 0 Å². The molecule has 2 saturated heterocycles. The van der Waals surface area contributed by atoms with Crippen LogP contribution in [-0.4, -0.2) is 58.8 Å². The van der Waals surface area contributed by atoms with Gasteiger partial charge in [0.2, 0.25) is 5.91 Å². The normalized spacial score (nSPS) is 28.8. The minimum absolute atomic E-state index is 0.0277. The van der Waals surface area contributed by atoms with Gasteiger partial charge in [0.1, 0.15) is 0 Å². The predicted molar refractivity (Wildman–Crippen MR) is 102 cm³/mol. The number of likely N-dealkylation sites (tertiary alicyclic amines) is 1. The van der Waals surface area contributed by atoms with Gasteiger partial charge in [0.05, 0.1) is 6.61 Å². The van der Waals surface area contributed by atoms with E-state index in [1.54, 1.807) is 11.8 Å². The number of nitrogens with two attached hydrogens (primary N) is 1. The number of primary amides is 1. The van der Waals surface area contributed by atoms with Gasteiger partial charge in [-0.1, -0.05) is 36.8 Å². The van der Waals surface area contributed by atoms with Crippen molar-refractivity contribution in [3.8, 4) is 0 Å². The number of carbonyl (C=O) groups is 1.